The topological polar surface area (TPSA) is 83.3 Å². The van der Waals surface area contributed by atoms with Gasteiger partial charge in [-0.25, -0.2) is 5.43 Å². The number of nitrogens with one attached hydrogen (secondary N) is 2. The molecule has 0 atom stereocenters. The maximum Gasteiger partial charge on any atom is 0.291 e. The molecule has 2 aromatic heterocycles. The van der Waals surface area contributed by atoms with Gasteiger partial charge in [-0.3, -0.25) is 9.89 Å². The van der Waals surface area contributed by atoms with E-state index in [4.69, 9.17) is 4.42 Å². The van der Waals surface area contributed by atoms with Crippen molar-refractivity contribution in [1.29, 1.82) is 0 Å². The molecule has 2 heterocycles. The van der Waals surface area contributed by atoms with Crippen molar-refractivity contribution < 1.29 is 9.21 Å². The lowest BCUT2D eigenvalue weighted by Crippen LogP contribution is -2.17. The summed E-state index contributed by atoms with van der Waals surface area (Å²) in [6.45, 7) is 0. The van der Waals surface area contributed by atoms with Crippen molar-refractivity contribution in [3.8, 4) is 11.5 Å². The van der Waals surface area contributed by atoms with Gasteiger partial charge in [0.2, 0.25) is 0 Å². The monoisotopic (exact) mass is 358 g/mol. The predicted octanol–water partition coefficient (Wildman–Crippen LogP) is 3.20. The first-order chi connectivity index (χ1) is 10.7. The van der Waals surface area contributed by atoms with Crippen LogP contribution in [0.3, 0.4) is 0 Å². The summed E-state index contributed by atoms with van der Waals surface area (Å²) in [6.07, 6.45) is 3.11. The van der Waals surface area contributed by atoms with Gasteiger partial charge in [0.05, 0.1) is 12.5 Å². The van der Waals surface area contributed by atoms with Crippen molar-refractivity contribution in [2.75, 3.05) is 0 Å². The van der Waals surface area contributed by atoms with Crippen LogP contribution in [0.2, 0.25) is 0 Å². The predicted molar refractivity (Wildman–Crippen MR) is 85.5 cm³/mol. The van der Waals surface area contributed by atoms with Gasteiger partial charge in [-0.05, 0) is 29.8 Å². The summed E-state index contributed by atoms with van der Waals surface area (Å²) in [4.78, 5) is 11.9. The van der Waals surface area contributed by atoms with Crippen molar-refractivity contribution in [2.24, 2.45) is 5.10 Å². The van der Waals surface area contributed by atoms with Crippen molar-refractivity contribution in [3.05, 3.63) is 64.5 Å². The summed E-state index contributed by atoms with van der Waals surface area (Å²) in [5, 5.41) is 10.6. The van der Waals surface area contributed by atoms with E-state index in [1.165, 1.54) is 0 Å². The molecule has 3 aromatic rings. The summed E-state index contributed by atoms with van der Waals surface area (Å²) in [7, 11) is 0. The molecule has 0 saturated carbocycles. The van der Waals surface area contributed by atoms with E-state index in [1.54, 1.807) is 30.7 Å². The minimum Gasteiger partial charge on any atom is -0.463 e. The van der Waals surface area contributed by atoms with E-state index in [2.05, 4.69) is 36.7 Å². The quantitative estimate of drug-likeness (QED) is 0.554. The average Bonchev–Trinajstić information content (AvgIpc) is 3.20. The van der Waals surface area contributed by atoms with Gasteiger partial charge in [0, 0.05) is 10.5 Å². The largest absolute Gasteiger partial charge is 0.463 e. The molecule has 1 amide bonds. The highest BCUT2D eigenvalue weighted by Gasteiger charge is 2.11. The Balaban J connectivity index is 1.63. The molecule has 0 saturated heterocycles. The molecule has 0 radical (unpaired) electrons. The Hall–Kier alpha value is -2.67. The summed E-state index contributed by atoms with van der Waals surface area (Å²) in [5.74, 6) is 0.215. The number of hydrogen-bond donors (Lipinski definition) is 2. The highest BCUT2D eigenvalue weighted by atomic mass is 79.9. The molecule has 0 aliphatic heterocycles. The zero-order chi connectivity index (χ0) is 15.4. The Bertz CT molecular complexity index is 791. The lowest BCUT2D eigenvalue weighted by atomic mass is 10.2. The number of carbonyl (C=O) groups excluding carboxylic acids is 1. The Morgan fingerprint density at radius 3 is 2.86 bits per heavy atom. The summed E-state index contributed by atoms with van der Waals surface area (Å²) in [5.41, 5.74) is 4.17. The van der Waals surface area contributed by atoms with E-state index in [0.29, 0.717) is 11.5 Å². The minimum atomic E-state index is -0.401. The molecule has 110 valence electrons. The number of hydrogen-bond acceptors (Lipinski definition) is 4. The number of aromatic amines is 1. The number of amides is 1. The number of H-pyrrole nitrogens is 1. The molecule has 0 unspecified atom stereocenters. The van der Waals surface area contributed by atoms with Crippen LogP contribution in [0.25, 0.3) is 11.5 Å². The third kappa shape index (κ3) is 3.32. The number of furan rings is 1. The van der Waals surface area contributed by atoms with Gasteiger partial charge in [-0.1, -0.05) is 28.1 Å². The second kappa shape index (κ2) is 6.40. The molecular weight excluding hydrogens is 348 g/mol. The molecule has 7 heteroatoms. The molecule has 0 aliphatic rings. The molecule has 2 N–H and O–H groups in total. The third-order valence-electron chi connectivity index (χ3n) is 2.85. The normalized spacial score (nSPS) is 11.0. The second-order valence-corrected chi connectivity index (χ2v) is 5.31. The van der Waals surface area contributed by atoms with Gasteiger partial charge in [0.25, 0.3) is 5.91 Å². The van der Waals surface area contributed by atoms with E-state index in [1.807, 2.05) is 24.3 Å². The Labute approximate surface area is 134 Å². The summed E-state index contributed by atoms with van der Waals surface area (Å²) in [6, 6.07) is 12.7. The number of carbonyl (C=O) groups is 1. The minimum absolute atomic E-state index is 0.236. The van der Waals surface area contributed by atoms with Gasteiger partial charge < -0.3 is 4.42 Å². The number of nitrogens with zero attached hydrogens (tertiary/aromatic N) is 2. The van der Waals surface area contributed by atoms with Crippen LogP contribution in [0.4, 0.5) is 0 Å². The summed E-state index contributed by atoms with van der Waals surface area (Å²) >= 11 is 3.35. The molecule has 3 rings (SSSR count). The molecule has 0 aliphatic carbocycles. The SMILES string of the molecule is O=C(N/N=C/c1ccc(Br)cc1)c1cc(-c2ccco2)[nH]n1. The van der Waals surface area contributed by atoms with E-state index < -0.39 is 5.91 Å². The lowest BCUT2D eigenvalue weighted by Gasteiger charge is -1.95. The zero-order valence-electron chi connectivity index (χ0n) is 11.3. The van der Waals surface area contributed by atoms with Crippen molar-refractivity contribution >= 4 is 28.1 Å². The first kappa shape index (κ1) is 14.3. The van der Waals surface area contributed by atoms with Crippen molar-refractivity contribution in [3.63, 3.8) is 0 Å². The van der Waals surface area contributed by atoms with Crippen molar-refractivity contribution in [2.45, 2.75) is 0 Å². The van der Waals surface area contributed by atoms with E-state index >= 15 is 0 Å². The molecule has 0 spiro atoms. The van der Waals surface area contributed by atoms with Crippen LogP contribution in [0.1, 0.15) is 16.1 Å². The molecule has 6 nitrogen and oxygen atoms in total. The second-order valence-electron chi connectivity index (χ2n) is 4.39. The highest BCUT2D eigenvalue weighted by molar-refractivity contribution is 9.10. The maximum atomic E-state index is 11.9. The van der Waals surface area contributed by atoms with E-state index in [0.717, 1.165) is 10.0 Å². The van der Waals surface area contributed by atoms with E-state index in [9.17, 15) is 4.79 Å². The van der Waals surface area contributed by atoms with Gasteiger partial charge in [0.1, 0.15) is 5.69 Å². The van der Waals surface area contributed by atoms with Crippen LogP contribution in [0.5, 0.6) is 0 Å². The van der Waals surface area contributed by atoms with Gasteiger partial charge >= 0.3 is 0 Å². The molecule has 0 bridgehead atoms. The molecule has 22 heavy (non-hydrogen) atoms. The molecule has 0 fully saturated rings. The number of halogens is 1. The average molecular weight is 359 g/mol. The van der Waals surface area contributed by atoms with Gasteiger partial charge in [0.15, 0.2) is 11.5 Å². The highest BCUT2D eigenvalue weighted by Crippen LogP contribution is 2.17. The Morgan fingerprint density at radius 1 is 1.32 bits per heavy atom. The van der Waals surface area contributed by atoms with Gasteiger partial charge in [-0.15, -0.1) is 0 Å². The van der Waals surface area contributed by atoms with Crippen LogP contribution < -0.4 is 5.43 Å². The molecule has 1 aromatic carbocycles. The smallest absolute Gasteiger partial charge is 0.291 e. The Kier molecular flexibility index (Phi) is 4.15. The first-order valence-electron chi connectivity index (χ1n) is 6.40. The van der Waals surface area contributed by atoms with Crippen molar-refractivity contribution in [1.82, 2.24) is 15.6 Å². The first-order valence-corrected chi connectivity index (χ1v) is 7.20. The van der Waals surface area contributed by atoms with Crippen LogP contribution in [-0.4, -0.2) is 22.3 Å². The number of hydrazone groups is 1. The summed E-state index contributed by atoms with van der Waals surface area (Å²) < 4.78 is 6.21. The fraction of sp³-hybridized carbons (Fsp3) is 0. The van der Waals surface area contributed by atoms with Crippen LogP contribution in [0.15, 0.2) is 62.7 Å². The number of benzene rings is 1. The fourth-order valence-corrected chi connectivity index (χ4v) is 2.03. The van der Waals surface area contributed by atoms with Crippen LogP contribution >= 0.6 is 15.9 Å². The van der Waals surface area contributed by atoms with Crippen LogP contribution in [0, 0.1) is 0 Å². The fourth-order valence-electron chi connectivity index (χ4n) is 1.77. The lowest BCUT2D eigenvalue weighted by molar-refractivity contribution is 0.0950. The standard InChI is InChI=1S/C15H11BrN4O2/c16-11-5-3-10(4-6-11)9-17-20-15(21)13-8-12(18-19-13)14-2-1-7-22-14/h1-9H,(H,18,19)(H,20,21)/b17-9+. The van der Waals surface area contributed by atoms with Crippen LogP contribution in [-0.2, 0) is 0 Å². The van der Waals surface area contributed by atoms with Gasteiger partial charge in [-0.2, -0.15) is 10.2 Å². The molecular formula is C15H11BrN4O2. The maximum absolute atomic E-state index is 11.9. The van der Waals surface area contributed by atoms with E-state index in [-0.39, 0.29) is 5.69 Å². The number of aromatic nitrogens is 2. The Morgan fingerprint density at radius 2 is 2.14 bits per heavy atom. The zero-order valence-corrected chi connectivity index (χ0v) is 12.9. The third-order valence-corrected chi connectivity index (χ3v) is 3.38. The number of rotatable bonds is 4.